The second kappa shape index (κ2) is 3.48. The predicted octanol–water partition coefficient (Wildman–Crippen LogP) is 1.88. The van der Waals surface area contributed by atoms with Gasteiger partial charge in [-0.1, -0.05) is 0 Å². The van der Waals surface area contributed by atoms with E-state index < -0.39 is 0 Å². The summed E-state index contributed by atoms with van der Waals surface area (Å²) >= 11 is 0. The van der Waals surface area contributed by atoms with E-state index in [-0.39, 0.29) is 0 Å². The van der Waals surface area contributed by atoms with Crippen LogP contribution in [0.3, 0.4) is 0 Å². The Balaban J connectivity index is 2.37. The summed E-state index contributed by atoms with van der Waals surface area (Å²) in [6.45, 7) is 6.32. The average molecular weight is 191 g/mol. The Hall–Kier alpha value is -1.25. The molecule has 0 bridgehead atoms. The van der Waals surface area contributed by atoms with Crippen molar-refractivity contribution in [2.45, 2.75) is 26.7 Å². The van der Waals surface area contributed by atoms with Gasteiger partial charge in [-0.25, -0.2) is 4.98 Å². The molecule has 1 aliphatic heterocycles. The molecule has 3 heteroatoms. The number of aryl methyl sites for hydroxylation is 2. The summed E-state index contributed by atoms with van der Waals surface area (Å²) in [6.07, 6.45) is 2.56. The van der Waals surface area contributed by atoms with Gasteiger partial charge < -0.3 is 10.6 Å². The number of anilines is 2. The molecule has 1 aromatic heterocycles. The number of hydrogen-bond donors (Lipinski definition) is 1. The van der Waals surface area contributed by atoms with Crippen molar-refractivity contribution in [3.63, 3.8) is 0 Å². The minimum atomic E-state index is 0.797. The van der Waals surface area contributed by atoms with Crippen LogP contribution in [0.2, 0.25) is 0 Å². The van der Waals surface area contributed by atoms with E-state index in [1.807, 2.05) is 13.0 Å². The third kappa shape index (κ3) is 1.54. The number of nitrogens with two attached hydrogens (primary N) is 1. The van der Waals surface area contributed by atoms with E-state index in [0.717, 1.165) is 30.3 Å². The van der Waals surface area contributed by atoms with Crippen molar-refractivity contribution < 1.29 is 0 Å². The van der Waals surface area contributed by atoms with Crippen LogP contribution in [0, 0.1) is 13.8 Å². The first-order chi connectivity index (χ1) is 6.68. The molecule has 0 radical (unpaired) electrons. The second-order valence-corrected chi connectivity index (χ2v) is 4.00. The lowest BCUT2D eigenvalue weighted by molar-refractivity contribution is 0.921. The van der Waals surface area contributed by atoms with Gasteiger partial charge >= 0.3 is 0 Å². The molecule has 3 nitrogen and oxygen atoms in total. The fourth-order valence-corrected chi connectivity index (χ4v) is 1.96. The van der Waals surface area contributed by atoms with E-state index in [1.54, 1.807) is 0 Å². The molecule has 2 heterocycles. The van der Waals surface area contributed by atoms with Gasteiger partial charge in [0, 0.05) is 13.1 Å². The van der Waals surface area contributed by atoms with Crippen molar-refractivity contribution in [3.8, 4) is 0 Å². The molecule has 2 rings (SSSR count). The molecule has 0 unspecified atom stereocenters. The Bertz CT molecular complexity index is 341. The quantitative estimate of drug-likeness (QED) is 0.737. The third-order valence-electron chi connectivity index (χ3n) is 2.82. The zero-order valence-corrected chi connectivity index (χ0v) is 8.88. The van der Waals surface area contributed by atoms with E-state index in [4.69, 9.17) is 5.73 Å². The molecule has 2 N–H and O–H groups in total. The van der Waals surface area contributed by atoms with Crippen molar-refractivity contribution in [2.24, 2.45) is 0 Å². The van der Waals surface area contributed by atoms with Crippen LogP contribution >= 0.6 is 0 Å². The van der Waals surface area contributed by atoms with Crippen LogP contribution < -0.4 is 10.6 Å². The molecule has 0 saturated carbocycles. The summed E-state index contributed by atoms with van der Waals surface area (Å²) in [5, 5.41) is 0. The normalized spacial score (nSPS) is 16.3. The monoisotopic (exact) mass is 191 g/mol. The lowest BCUT2D eigenvalue weighted by Crippen LogP contribution is -2.20. The van der Waals surface area contributed by atoms with E-state index in [0.29, 0.717) is 0 Å². The number of nitrogen functional groups attached to an aromatic ring is 1. The van der Waals surface area contributed by atoms with E-state index in [1.165, 1.54) is 18.4 Å². The first-order valence-corrected chi connectivity index (χ1v) is 5.17. The topological polar surface area (TPSA) is 42.1 Å². The molecule has 1 saturated heterocycles. The number of hydrogen-bond acceptors (Lipinski definition) is 3. The van der Waals surface area contributed by atoms with Gasteiger partial charge in [-0.15, -0.1) is 0 Å². The van der Waals surface area contributed by atoms with Crippen LogP contribution in [0.25, 0.3) is 0 Å². The Morgan fingerprint density at radius 1 is 1.29 bits per heavy atom. The summed E-state index contributed by atoms with van der Waals surface area (Å²) in [5.74, 6) is 1.12. The SMILES string of the molecule is Cc1cc(N)c(C)nc1N1CCCC1. The maximum absolute atomic E-state index is 5.81. The second-order valence-electron chi connectivity index (χ2n) is 4.00. The number of aromatic nitrogens is 1. The molecule has 0 aromatic carbocycles. The molecular formula is C11H17N3. The smallest absolute Gasteiger partial charge is 0.131 e. The molecule has 0 aliphatic carbocycles. The van der Waals surface area contributed by atoms with Gasteiger partial charge in [0.1, 0.15) is 5.82 Å². The van der Waals surface area contributed by atoms with Gasteiger partial charge in [-0.3, -0.25) is 0 Å². The van der Waals surface area contributed by atoms with Crippen LogP contribution in [0.1, 0.15) is 24.1 Å². The zero-order chi connectivity index (χ0) is 10.1. The maximum atomic E-state index is 5.81. The van der Waals surface area contributed by atoms with Gasteiger partial charge in [0.25, 0.3) is 0 Å². The summed E-state index contributed by atoms with van der Waals surface area (Å²) in [5.41, 5.74) is 8.74. The Morgan fingerprint density at radius 2 is 1.93 bits per heavy atom. The zero-order valence-electron chi connectivity index (χ0n) is 8.88. The van der Waals surface area contributed by atoms with Crippen LogP contribution in [0.5, 0.6) is 0 Å². The van der Waals surface area contributed by atoms with Crippen LogP contribution in [0.15, 0.2) is 6.07 Å². The fraction of sp³-hybridized carbons (Fsp3) is 0.545. The molecule has 1 fully saturated rings. The highest BCUT2D eigenvalue weighted by molar-refractivity contribution is 5.56. The minimum Gasteiger partial charge on any atom is -0.397 e. The highest BCUT2D eigenvalue weighted by Gasteiger charge is 2.16. The molecule has 0 atom stereocenters. The van der Waals surface area contributed by atoms with Crippen molar-refractivity contribution >= 4 is 11.5 Å². The van der Waals surface area contributed by atoms with E-state index >= 15 is 0 Å². The summed E-state index contributed by atoms with van der Waals surface area (Å²) < 4.78 is 0. The van der Waals surface area contributed by atoms with Crippen LogP contribution in [0.4, 0.5) is 11.5 Å². The molecule has 76 valence electrons. The number of rotatable bonds is 1. The average Bonchev–Trinajstić information content (AvgIpc) is 2.64. The van der Waals surface area contributed by atoms with Crippen molar-refractivity contribution in [3.05, 3.63) is 17.3 Å². The fourth-order valence-electron chi connectivity index (χ4n) is 1.96. The lowest BCUT2D eigenvalue weighted by Gasteiger charge is -2.19. The standard InChI is InChI=1S/C11H17N3/c1-8-7-10(12)9(2)13-11(8)14-5-3-4-6-14/h7H,3-6,12H2,1-2H3. The Labute approximate surface area is 84.9 Å². The van der Waals surface area contributed by atoms with Crippen molar-refractivity contribution in [1.29, 1.82) is 0 Å². The van der Waals surface area contributed by atoms with E-state index in [9.17, 15) is 0 Å². The molecule has 14 heavy (non-hydrogen) atoms. The largest absolute Gasteiger partial charge is 0.397 e. The highest BCUT2D eigenvalue weighted by atomic mass is 15.2. The maximum Gasteiger partial charge on any atom is 0.131 e. The number of nitrogens with zero attached hydrogens (tertiary/aromatic N) is 2. The molecule has 1 aromatic rings. The van der Waals surface area contributed by atoms with Gasteiger partial charge in [0.2, 0.25) is 0 Å². The Morgan fingerprint density at radius 3 is 2.57 bits per heavy atom. The van der Waals surface area contributed by atoms with Gasteiger partial charge in [0.05, 0.1) is 11.4 Å². The predicted molar refractivity (Wildman–Crippen MR) is 59.6 cm³/mol. The summed E-state index contributed by atoms with van der Waals surface area (Å²) in [6, 6.07) is 2.02. The van der Waals surface area contributed by atoms with E-state index in [2.05, 4.69) is 16.8 Å². The van der Waals surface area contributed by atoms with Crippen LogP contribution in [-0.2, 0) is 0 Å². The molecule has 0 amide bonds. The summed E-state index contributed by atoms with van der Waals surface area (Å²) in [7, 11) is 0. The van der Waals surface area contributed by atoms with Crippen molar-refractivity contribution in [1.82, 2.24) is 4.98 Å². The molecular weight excluding hydrogens is 174 g/mol. The van der Waals surface area contributed by atoms with Crippen LogP contribution in [-0.4, -0.2) is 18.1 Å². The van der Waals surface area contributed by atoms with Gasteiger partial charge in [-0.2, -0.15) is 0 Å². The summed E-state index contributed by atoms with van der Waals surface area (Å²) in [4.78, 5) is 6.90. The highest BCUT2D eigenvalue weighted by Crippen LogP contribution is 2.24. The first kappa shape index (κ1) is 9.31. The number of pyridine rings is 1. The first-order valence-electron chi connectivity index (χ1n) is 5.17. The third-order valence-corrected chi connectivity index (χ3v) is 2.82. The molecule has 0 spiro atoms. The van der Waals surface area contributed by atoms with Gasteiger partial charge in [-0.05, 0) is 38.3 Å². The molecule has 1 aliphatic rings. The van der Waals surface area contributed by atoms with Crippen molar-refractivity contribution in [2.75, 3.05) is 23.7 Å². The lowest BCUT2D eigenvalue weighted by atomic mass is 10.2. The van der Waals surface area contributed by atoms with Gasteiger partial charge in [0.15, 0.2) is 0 Å². The Kier molecular flexibility index (Phi) is 2.32. The minimum absolute atomic E-state index is 0.797.